The summed E-state index contributed by atoms with van der Waals surface area (Å²) < 4.78 is 13.7. The van der Waals surface area contributed by atoms with Crippen LogP contribution in [-0.4, -0.2) is 5.91 Å². The molecule has 1 amide bonds. The van der Waals surface area contributed by atoms with Gasteiger partial charge in [-0.1, -0.05) is 6.07 Å². The van der Waals surface area contributed by atoms with E-state index in [-0.39, 0.29) is 11.6 Å². The van der Waals surface area contributed by atoms with Gasteiger partial charge in [-0.25, -0.2) is 4.39 Å². The molecule has 0 saturated heterocycles. The van der Waals surface area contributed by atoms with Gasteiger partial charge in [-0.15, -0.1) is 11.3 Å². The zero-order valence-electron chi connectivity index (χ0n) is 10.6. The van der Waals surface area contributed by atoms with Crippen LogP contribution in [0.5, 0.6) is 0 Å². The van der Waals surface area contributed by atoms with Gasteiger partial charge in [-0.2, -0.15) is 0 Å². The molecular weight excluding hydrogens is 261 g/mol. The minimum absolute atomic E-state index is 0.220. The third kappa shape index (κ3) is 2.40. The number of nitrogens with one attached hydrogen (secondary N) is 1. The van der Waals surface area contributed by atoms with Crippen LogP contribution < -0.4 is 5.32 Å². The Morgan fingerprint density at radius 3 is 2.89 bits per heavy atom. The number of rotatable bonds is 2. The second-order valence-corrected chi connectivity index (χ2v) is 5.99. The third-order valence-corrected chi connectivity index (χ3v) is 4.58. The topological polar surface area (TPSA) is 29.1 Å². The average molecular weight is 275 g/mol. The maximum Gasteiger partial charge on any atom is 0.265 e. The summed E-state index contributed by atoms with van der Waals surface area (Å²) in [5.74, 6) is -0.611. The molecule has 1 aliphatic carbocycles. The smallest absolute Gasteiger partial charge is 0.265 e. The highest BCUT2D eigenvalue weighted by molar-refractivity contribution is 7.14. The molecular formula is C15H14FNOS. The third-order valence-electron chi connectivity index (χ3n) is 3.34. The summed E-state index contributed by atoms with van der Waals surface area (Å²) >= 11 is 1.52. The first-order valence-electron chi connectivity index (χ1n) is 6.32. The lowest BCUT2D eigenvalue weighted by molar-refractivity contribution is 0.103. The van der Waals surface area contributed by atoms with Crippen LogP contribution in [0, 0.1) is 12.7 Å². The normalized spacial score (nSPS) is 13.4. The van der Waals surface area contributed by atoms with E-state index in [1.54, 1.807) is 12.1 Å². The number of anilines is 1. The van der Waals surface area contributed by atoms with Gasteiger partial charge in [-0.05, 0) is 55.5 Å². The van der Waals surface area contributed by atoms with Crippen LogP contribution in [0.4, 0.5) is 10.1 Å². The molecule has 0 saturated carbocycles. The molecule has 4 heteroatoms. The zero-order chi connectivity index (χ0) is 13.4. The molecule has 0 radical (unpaired) electrons. The Bertz CT molecular complexity index is 626. The van der Waals surface area contributed by atoms with E-state index in [1.807, 2.05) is 13.0 Å². The van der Waals surface area contributed by atoms with Gasteiger partial charge in [0.25, 0.3) is 5.91 Å². The van der Waals surface area contributed by atoms with Crippen molar-refractivity contribution in [1.82, 2.24) is 0 Å². The molecule has 1 aliphatic rings. The highest BCUT2D eigenvalue weighted by Gasteiger charge is 2.19. The Labute approximate surface area is 115 Å². The van der Waals surface area contributed by atoms with Crippen molar-refractivity contribution in [3.05, 3.63) is 51.0 Å². The Hall–Kier alpha value is -1.68. The van der Waals surface area contributed by atoms with E-state index in [4.69, 9.17) is 0 Å². The molecule has 0 atom stereocenters. The predicted molar refractivity (Wildman–Crippen MR) is 75.4 cm³/mol. The molecule has 2 aromatic rings. The van der Waals surface area contributed by atoms with Gasteiger partial charge in [0, 0.05) is 4.88 Å². The quantitative estimate of drug-likeness (QED) is 0.883. The molecule has 98 valence electrons. The molecule has 0 spiro atoms. The zero-order valence-corrected chi connectivity index (χ0v) is 11.4. The number of carbonyl (C=O) groups excluding carboxylic acids is 1. The molecule has 0 unspecified atom stereocenters. The lowest BCUT2D eigenvalue weighted by Gasteiger charge is -2.05. The van der Waals surface area contributed by atoms with Crippen molar-refractivity contribution in [2.45, 2.75) is 26.2 Å². The molecule has 1 aromatic heterocycles. The molecule has 3 rings (SSSR count). The number of carbonyl (C=O) groups is 1. The van der Waals surface area contributed by atoms with E-state index in [1.165, 1.54) is 34.3 Å². The number of aryl methyl sites for hydroxylation is 3. The molecule has 0 fully saturated rings. The van der Waals surface area contributed by atoms with Crippen molar-refractivity contribution in [3.63, 3.8) is 0 Å². The molecule has 1 aromatic carbocycles. The van der Waals surface area contributed by atoms with E-state index in [9.17, 15) is 9.18 Å². The van der Waals surface area contributed by atoms with Crippen molar-refractivity contribution in [3.8, 4) is 0 Å². The fourth-order valence-electron chi connectivity index (χ4n) is 2.35. The fourth-order valence-corrected chi connectivity index (χ4v) is 3.50. The van der Waals surface area contributed by atoms with Crippen molar-refractivity contribution in [1.29, 1.82) is 0 Å². The number of fused-ring (bicyclic) bond motifs is 1. The highest BCUT2D eigenvalue weighted by atomic mass is 32.1. The standard InChI is InChI=1S/C15H14FNOS/c1-9-5-6-12(11(16)7-9)17-15(18)14-8-10-3-2-4-13(10)19-14/h5-8H,2-4H2,1H3,(H,17,18). The Balaban J connectivity index is 1.80. The average Bonchev–Trinajstić information content (AvgIpc) is 2.93. The van der Waals surface area contributed by atoms with Gasteiger partial charge < -0.3 is 5.32 Å². The second kappa shape index (κ2) is 4.78. The molecule has 1 heterocycles. The van der Waals surface area contributed by atoms with Crippen LogP contribution in [0.2, 0.25) is 0 Å². The Morgan fingerprint density at radius 2 is 2.16 bits per heavy atom. The minimum Gasteiger partial charge on any atom is -0.319 e. The van der Waals surface area contributed by atoms with Gasteiger partial charge in [0.15, 0.2) is 0 Å². The van der Waals surface area contributed by atoms with Crippen molar-refractivity contribution in [2.24, 2.45) is 0 Å². The number of benzene rings is 1. The largest absolute Gasteiger partial charge is 0.319 e. The fraction of sp³-hybridized carbons (Fsp3) is 0.267. The lowest BCUT2D eigenvalue weighted by Crippen LogP contribution is -2.11. The highest BCUT2D eigenvalue weighted by Crippen LogP contribution is 2.31. The van der Waals surface area contributed by atoms with Crippen LogP contribution in [0.3, 0.4) is 0 Å². The van der Waals surface area contributed by atoms with Gasteiger partial charge in [0.1, 0.15) is 5.82 Å². The van der Waals surface area contributed by atoms with Gasteiger partial charge in [0.05, 0.1) is 10.6 Å². The van der Waals surface area contributed by atoms with Crippen LogP contribution in [0.25, 0.3) is 0 Å². The Morgan fingerprint density at radius 1 is 1.32 bits per heavy atom. The van der Waals surface area contributed by atoms with Gasteiger partial charge in [-0.3, -0.25) is 4.79 Å². The minimum atomic E-state index is -0.391. The summed E-state index contributed by atoms with van der Waals surface area (Å²) in [6.07, 6.45) is 3.29. The van der Waals surface area contributed by atoms with Crippen LogP contribution in [-0.2, 0) is 12.8 Å². The van der Waals surface area contributed by atoms with E-state index in [2.05, 4.69) is 5.32 Å². The first-order valence-corrected chi connectivity index (χ1v) is 7.14. The first-order chi connectivity index (χ1) is 9.13. The van der Waals surface area contributed by atoms with Crippen LogP contribution in [0.1, 0.15) is 32.1 Å². The summed E-state index contributed by atoms with van der Waals surface area (Å²) in [5.41, 5.74) is 2.36. The molecule has 0 bridgehead atoms. The summed E-state index contributed by atoms with van der Waals surface area (Å²) in [6.45, 7) is 1.82. The monoisotopic (exact) mass is 275 g/mol. The molecule has 1 N–H and O–H groups in total. The summed E-state index contributed by atoms with van der Waals surface area (Å²) in [5, 5.41) is 2.64. The summed E-state index contributed by atoms with van der Waals surface area (Å²) in [7, 11) is 0. The lowest BCUT2D eigenvalue weighted by atomic mass is 10.2. The SMILES string of the molecule is Cc1ccc(NC(=O)c2cc3c(s2)CCC3)c(F)c1. The van der Waals surface area contributed by atoms with Gasteiger partial charge in [0.2, 0.25) is 0 Å². The molecule has 2 nitrogen and oxygen atoms in total. The van der Waals surface area contributed by atoms with E-state index in [0.29, 0.717) is 4.88 Å². The number of thiophene rings is 1. The van der Waals surface area contributed by atoms with Crippen LogP contribution >= 0.6 is 11.3 Å². The Kier molecular flexibility index (Phi) is 3.11. The van der Waals surface area contributed by atoms with Gasteiger partial charge >= 0.3 is 0 Å². The summed E-state index contributed by atoms with van der Waals surface area (Å²) in [6, 6.07) is 6.75. The van der Waals surface area contributed by atoms with E-state index < -0.39 is 5.82 Å². The molecule has 19 heavy (non-hydrogen) atoms. The number of halogens is 1. The second-order valence-electron chi connectivity index (χ2n) is 4.85. The van der Waals surface area contributed by atoms with Crippen molar-refractivity contribution < 1.29 is 9.18 Å². The first kappa shape index (κ1) is 12.4. The van der Waals surface area contributed by atoms with Crippen molar-refractivity contribution >= 4 is 22.9 Å². The predicted octanol–water partition coefficient (Wildman–Crippen LogP) is 3.94. The van der Waals surface area contributed by atoms with E-state index >= 15 is 0 Å². The summed E-state index contributed by atoms with van der Waals surface area (Å²) in [4.78, 5) is 14.1. The number of hydrogen-bond acceptors (Lipinski definition) is 2. The number of amides is 1. The number of hydrogen-bond donors (Lipinski definition) is 1. The van der Waals surface area contributed by atoms with Crippen LogP contribution in [0.15, 0.2) is 24.3 Å². The molecule has 0 aliphatic heterocycles. The maximum atomic E-state index is 13.7. The van der Waals surface area contributed by atoms with E-state index in [0.717, 1.165) is 18.4 Å². The maximum absolute atomic E-state index is 13.7. The van der Waals surface area contributed by atoms with Crippen molar-refractivity contribution in [2.75, 3.05) is 5.32 Å².